The molecule has 1 saturated carbocycles. The highest BCUT2D eigenvalue weighted by atomic mass is 19.3. The van der Waals surface area contributed by atoms with E-state index in [0.717, 1.165) is 6.29 Å². The largest absolute Gasteiger partial charge is 0.444 e. The topological polar surface area (TPSA) is 136 Å². The third-order valence-corrected chi connectivity index (χ3v) is 7.57. The van der Waals surface area contributed by atoms with E-state index in [1.54, 1.807) is 37.9 Å². The van der Waals surface area contributed by atoms with E-state index in [1.165, 1.54) is 21.6 Å². The summed E-state index contributed by atoms with van der Waals surface area (Å²) in [5.74, 6) is -0.397. The number of alkyl carbamates (subject to hydrolysis) is 1. The Morgan fingerprint density at radius 2 is 1.91 bits per heavy atom. The number of aromatic nitrogens is 5. The van der Waals surface area contributed by atoms with Gasteiger partial charge in [-0.25, -0.2) is 27.5 Å². The number of carbonyl (C=O) groups excluding carboxylic acids is 3. The standard InChI is InChI=1S/C28H35F3N8O4/c1-28(2,3)43-27(42)33-18-10-17(29)12-37(13-18)22-8-9-38-25(35-22)20(11-32-38)26(41)34-21-14-39(36-23(21)24(30)31)19-6-4-16(15-40)5-7-19/h8-9,11,14-19,24H,4-7,10,12-13H2,1-3H3,(H,33,42)(H,34,41)/t16?,17-,18-,19?/m1/s1. The molecule has 3 aromatic rings. The van der Waals surface area contributed by atoms with Crippen LogP contribution < -0.4 is 15.5 Å². The number of rotatable bonds is 7. The van der Waals surface area contributed by atoms with Crippen molar-refractivity contribution in [3.05, 3.63) is 35.9 Å². The van der Waals surface area contributed by atoms with E-state index in [-0.39, 0.29) is 48.4 Å². The zero-order valence-corrected chi connectivity index (χ0v) is 24.2. The minimum atomic E-state index is -2.92. The van der Waals surface area contributed by atoms with Gasteiger partial charge in [-0.3, -0.25) is 9.48 Å². The summed E-state index contributed by atoms with van der Waals surface area (Å²) >= 11 is 0. The SMILES string of the molecule is CC(C)(C)OC(=O)N[C@@H]1C[C@@H](F)CN(c2ccn3ncc(C(=O)Nc4cn(C5CCC(C=O)CC5)nc4C(F)F)c3n2)C1. The summed E-state index contributed by atoms with van der Waals surface area (Å²) in [5, 5.41) is 13.4. The summed E-state index contributed by atoms with van der Waals surface area (Å²) in [7, 11) is 0. The molecule has 4 heterocycles. The van der Waals surface area contributed by atoms with E-state index >= 15 is 0 Å². The first-order valence-corrected chi connectivity index (χ1v) is 14.3. The number of aldehydes is 1. The maximum Gasteiger partial charge on any atom is 0.407 e. The lowest BCUT2D eigenvalue weighted by Gasteiger charge is -2.36. The summed E-state index contributed by atoms with van der Waals surface area (Å²) in [6.07, 6.45) is 2.96. The van der Waals surface area contributed by atoms with Crippen LogP contribution in [0.1, 0.15) is 81.4 Å². The van der Waals surface area contributed by atoms with Crippen LogP contribution in [-0.2, 0) is 9.53 Å². The fourth-order valence-electron chi connectivity index (χ4n) is 5.54. The number of anilines is 2. The van der Waals surface area contributed by atoms with E-state index in [9.17, 15) is 27.6 Å². The first-order valence-electron chi connectivity index (χ1n) is 14.3. The summed E-state index contributed by atoms with van der Waals surface area (Å²) < 4.78 is 50.6. The zero-order chi connectivity index (χ0) is 30.9. The molecule has 43 heavy (non-hydrogen) atoms. The van der Waals surface area contributed by atoms with Crippen LogP contribution in [0, 0.1) is 5.92 Å². The molecule has 2 aliphatic rings. The minimum Gasteiger partial charge on any atom is -0.444 e. The van der Waals surface area contributed by atoms with Crippen molar-refractivity contribution in [3.63, 3.8) is 0 Å². The van der Waals surface area contributed by atoms with Gasteiger partial charge in [0.15, 0.2) is 11.3 Å². The van der Waals surface area contributed by atoms with Crippen molar-refractivity contribution in [1.29, 1.82) is 0 Å². The molecule has 1 aliphatic carbocycles. The van der Waals surface area contributed by atoms with Crippen molar-refractivity contribution in [1.82, 2.24) is 29.7 Å². The Morgan fingerprint density at radius 3 is 2.58 bits per heavy atom. The zero-order valence-electron chi connectivity index (χ0n) is 24.2. The van der Waals surface area contributed by atoms with Crippen molar-refractivity contribution >= 4 is 35.4 Å². The highest BCUT2D eigenvalue weighted by Gasteiger charge is 2.31. The molecule has 12 nitrogen and oxygen atoms in total. The molecular weight excluding hydrogens is 569 g/mol. The summed E-state index contributed by atoms with van der Waals surface area (Å²) in [6, 6.07) is 0.919. The molecule has 1 saturated heterocycles. The van der Waals surface area contributed by atoms with E-state index < -0.39 is 41.9 Å². The van der Waals surface area contributed by atoms with Crippen LogP contribution in [-0.4, -0.2) is 73.6 Å². The molecular formula is C28H35F3N8O4. The van der Waals surface area contributed by atoms with Gasteiger partial charge in [-0.2, -0.15) is 10.2 Å². The van der Waals surface area contributed by atoms with Gasteiger partial charge < -0.3 is 25.1 Å². The molecule has 1 aliphatic heterocycles. The summed E-state index contributed by atoms with van der Waals surface area (Å²) in [4.78, 5) is 42.8. The Morgan fingerprint density at radius 1 is 1.16 bits per heavy atom. The van der Waals surface area contributed by atoms with Crippen LogP contribution in [0.15, 0.2) is 24.7 Å². The van der Waals surface area contributed by atoms with Crippen LogP contribution in [0.2, 0.25) is 0 Å². The fraction of sp³-hybridized carbons (Fsp3) is 0.571. The van der Waals surface area contributed by atoms with Gasteiger partial charge in [0.25, 0.3) is 12.3 Å². The monoisotopic (exact) mass is 604 g/mol. The van der Waals surface area contributed by atoms with Gasteiger partial charge in [0.1, 0.15) is 29.4 Å². The maximum atomic E-state index is 14.7. The van der Waals surface area contributed by atoms with Gasteiger partial charge in [0, 0.05) is 31.3 Å². The number of hydrogen-bond donors (Lipinski definition) is 2. The lowest BCUT2D eigenvalue weighted by molar-refractivity contribution is -0.112. The van der Waals surface area contributed by atoms with Crippen molar-refractivity contribution in [2.24, 2.45) is 5.92 Å². The maximum absolute atomic E-state index is 14.7. The van der Waals surface area contributed by atoms with Crippen molar-refractivity contribution < 1.29 is 32.3 Å². The molecule has 2 atom stereocenters. The van der Waals surface area contributed by atoms with Crippen molar-refractivity contribution in [2.75, 3.05) is 23.3 Å². The Hall–Kier alpha value is -4.17. The second-order valence-electron chi connectivity index (χ2n) is 12.1. The summed E-state index contributed by atoms with van der Waals surface area (Å²) in [6.45, 7) is 5.48. The number of piperidine rings is 1. The second kappa shape index (κ2) is 12.2. The van der Waals surface area contributed by atoms with Gasteiger partial charge >= 0.3 is 6.09 Å². The first kappa shape index (κ1) is 30.3. The molecule has 0 unspecified atom stereocenters. The predicted molar refractivity (Wildman–Crippen MR) is 150 cm³/mol. The molecule has 5 rings (SSSR count). The number of hydrogen-bond acceptors (Lipinski definition) is 8. The lowest BCUT2D eigenvalue weighted by atomic mass is 9.87. The minimum absolute atomic E-state index is 0.0248. The van der Waals surface area contributed by atoms with Crippen LogP contribution in [0.4, 0.5) is 29.5 Å². The normalized spacial score (nSPS) is 22.9. The molecule has 0 radical (unpaired) electrons. The molecule has 2 amide bonds. The quantitative estimate of drug-likeness (QED) is 0.377. The third-order valence-electron chi connectivity index (χ3n) is 7.57. The molecule has 0 spiro atoms. The molecule has 2 fully saturated rings. The number of ether oxygens (including phenoxy) is 1. The Labute approximate surface area is 245 Å². The predicted octanol–water partition coefficient (Wildman–Crippen LogP) is 4.49. The van der Waals surface area contributed by atoms with Gasteiger partial charge in [-0.15, -0.1) is 0 Å². The van der Waals surface area contributed by atoms with E-state index in [4.69, 9.17) is 4.74 Å². The number of nitrogens with zero attached hydrogens (tertiary/aromatic N) is 6. The smallest absolute Gasteiger partial charge is 0.407 e. The van der Waals surface area contributed by atoms with Gasteiger partial charge in [-0.1, -0.05) is 0 Å². The van der Waals surface area contributed by atoms with Gasteiger partial charge in [-0.05, 0) is 52.5 Å². The fourth-order valence-corrected chi connectivity index (χ4v) is 5.54. The number of alkyl halides is 3. The Bertz CT molecular complexity index is 1480. The second-order valence-corrected chi connectivity index (χ2v) is 12.1. The number of nitrogens with one attached hydrogen (secondary N) is 2. The number of amides is 2. The Balaban J connectivity index is 1.33. The van der Waals surface area contributed by atoms with E-state index in [2.05, 4.69) is 25.8 Å². The van der Waals surface area contributed by atoms with Crippen LogP contribution in [0.3, 0.4) is 0 Å². The average Bonchev–Trinajstić information content (AvgIpc) is 3.56. The van der Waals surface area contributed by atoms with Crippen LogP contribution in [0.25, 0.3) is 5.65 Å². The van der Waals surface area contributed by atoms with Gasteiger partial charge in [0.2, 0.25) is 0 Å². The Kier molecular flexibility index (Phi) is 8.60. The highest BCUT2D eigenvalue weighted by Crippen LogP contribution is 2.34. The average molecular weight is 605 g/mol. The van der Waals surface area contributed by atoms with Crippen molar-refractivity contribution in [2.45, 2.75) is 83.2 Å². The van der Waals surface area contributed by atoms with Crippen molar-refractivity contribution in [3.8, 4) is 0 Å². The molecule has 0 bridgehead atoms. The van der Waals surface area contributed by atoms with Crippen LogP contribution >= 0.6 is 0 Å². The van der Waals surface area contributed by atoms with Gasteiger partial charge in [0.05, 0.1) is 30.5 Å². The number of carbonyl (C=O) groups is 3. The molecule has 0 aromatic carbocycles. The number of fused-ring (bicyclic) bond motifs is 1. The highest BCUT2D eigenvalue weighted by molar-refractivity contribution is 6.08. The molecule has 232 valence electrons. The molecule has 3 aromatic heterocycles. The lowest BCUT2D eigenvalue weighted by Crippen LogP contribution is -2.52. The molecule has 2 N–H and O–H groups in total. The van der Waals surface area contributed by atoms with Crippen LogP contribution in [0.5, 0.6) is 0 Å². The van der Waals surface area contributed by atoms with E-state index in [0.29, 0.717) is 31.5 Å². The third kappa shape index (κ3) is 7.08. The molecule has 15 heteroatoms. The first-order chi connectivity index (χ1) is 20.4. The summed E-state index contributed by atoms with van der Waals surface area (Å²) in [5.41, 5.74) is -1.21. The number of halogens is 3. The van der Waals surface area contributed by atoms with E-state index in [1.807, 2.05) is 0 Å².